The summed E-state index contributed by atoms with van der Waals surface area (Å²) in [5, 5.41) is 5.14. The summed E-state index contributed by atoms with van der Waals surface area (Å²) in [6.45, 7) is 0.543. The SMILES string of the molecule is NCC1(c2nc(-c3nc4ccccc4cc3Br)no2)CC1. The molecule has 1 aliphatic rings. The monoisotopic (exact) mass is 344 g/mol. The minimum Gasteiger partial charge on any atom is -0.338 e. The topological polar surface area (TPSA) is 77.8 Å². The maximum atomic E-state index is 5.80. The summed E-state index contributed by atoms with van der Waals surface area (Å²) in [7, 11) is 0. The minimum atomic E-state index is -0.103. The second-order valence-electron chi connectivity index (χ2n) is 5.42. The Morgan fingerprint density at radius 3 is 2.81 bits per heavy atom. The number of benzene rings is 1. The van der Waals surface area contributed by atoms with Crippen molar-refractivity contribution in [1.29, 1.82) is 0 Å². The molecule has 0 spiro atoms. The summed E-state index contributed by atoms with van der Waals surface area (Å²) in [5.74, 6) is 1.13. The molecule has 6 heteroatoms. The van der Waals surface area contributed by atoms with E-state index < -0.39 is 0 Å². The minimum absolute atomic E-state index is 0.103. The lowest BCUT2D eigenvalue weighted by molar-refractivity contribution is 0.347. The zero-order chi connectivity index (χ0) is 14.4. The van der Waals surface area contributed by atoms with Crippen LogP contribution in [0.1, 0.15) is 18.7 Å². The van der Waals surface area contributed by atoms with Crippen molar-refractivity contribution >= 4 is 26.8 Å². The molecular formula is C15H13BrN4O. The molecule has 1 aliphatic carbocycles. The lowest BCUT2D eigenvalue weighted by atomic mass is 10.1. The Kier molecular flexibility index (Phi) is 2.83. The van der Waals surface area contributed by atoms with E-state index in [-0.39, 0.29) is 5.41 Å². The van der Waals surface area contributed by atoms with Gasteiger partial charge in [-0.05, 0) is 40.9 Å². The normalized spacial score (nSPS) is 16.3. The summed E-state index contributed by atoms with van der Waals surface area (Å²) in [4.78, 5) is 9.13. The lowest BCUT2D eigenvalue weighted by Crippen LogP contribution is -2.19. The number of hydrogen-bond donors (Lipinski definition) is 1. The van der Waals surface area contributed by atoms with Crippen LogP contribution in [-0.2, 0) is 5.41 Å². The number of para-hydroxylation sites is 1. The van der Waals surface area contributed by atoms with E-state index in [4.69, 9.17) is 10.3 Å². The molecular weight excluding hydrogens is 332 g/mol. The number of rotatable bonds is 3. The molecule has 1 fully saturated rings. The van der Waals surface area contributed by atoms with Crippen LogP contribution < -0.4 is 5.73 Å². The molecule has 1 aromatic carbocycles. The van der Waals surface area contributed by atoms with Crippen LogP contribution in [0.5, 0.6) is 0 Å². The first-order valence-electron chi connectivity index (χ1n) is 6.82. The molecule has 0 saturated heterocycles. The van der Waals surface area contributed by atoms with Crippen molar-refractivity contribution in [1.82, 2.24) is 15.1 Å². The van der Waals surface area contributed by atoms with Crippen molar-refractivity contribution in [2.45, 2.75) is 18.3 Å². The Morgan fingerprint density at radius 2 is 2.05 bits per heavy atom. The largest absolute Gasteiger partial charge is 0.338 e. The molecule has 2 aromatic heterocycles. The lowest BCUT2D eigenvalue weighted by Gasteiger charge is -2.04. The Hall–Kier alpha value is -1.79. The second kappa shape index (κ2) is 4.61. The maximum Gasteiger partial charge on any atom is 0.234 e. The van der Waals surface area contributed by atoms with Gasteiger partial charge in [-0.1, -0.05) is 23.4 Å². The molecule has 0 unspecified atom stereocenters. The molecule has 0 amide bonds. The summed E-state index contributed by atoms with van der Waals surface area (Å²) in [6.07, 6.45) is 2.02. The molecule has 1 saturated carbocycles. The van der Waals surface area contributed by atoms with Gasteiger partial charge in [0.1, 0.15) is 5.69 Å². The van der Waals surface area contributed by atoms with Crippen molar-refractivity contribution in [2.24, 2.45) is 5.73 Å². The number of nitrogens with zero attached hydrogens (tertiary/aromatic N) is 3. The maximum absolute atomic E-state index is 5.80. The van der Waals surface area contributed by atoms with Crippen LogP contribution in [0, 0.1) is 0 Å². The van der Waals surface area contributed by atoms with Crippen molar-refractivity contribution < 1.29 is 4.52 Å². The predicted octanol–water partition coefficient (Wildman–Crippen LogP) is 3.04. The van der Waals surface area contributed by atoms with Crippen molar-refractivity contribution in [2.75, 3.05) is 6.54 Å². The number of pyridine rings is 1. The van der Waals surface area contributed by atoms with Gasteiger partial charge in [0, 0.05) is 16.4 Å². The summed E-state index contributed by atoms with van der Waals surface area (Å²) in [6, 6.07) is 9.95. The van der Waals surface area contributed by atoms with Crippen LogP contribution >= 0.6 is 15.9 Å². The molecule has 0 atom stereocenters. The van der Waals surface area contributed by atoms with Crippen LogP contribution in [0.4, 0.5) is 0 Å². The molecule has 3 aromatic rings. The summed E-state index contributed by atoms with van der Waals surface area (Å²) >= 11 is 3.54. The van der Waals surface area contributed by atoms with E-state index in [1.54, 1.807) is 0 Å². The fraction of sp³-hybridized carbons (Fsp3) is 0.267. The average Bonchev–Trinajstić information content (AvgIpc) is 3.16. The fourth-order valence-electron chi connectivity index (χ4n) is 2.44. The van der Waals surface area contributed by atoms with Gasteiger partial charge in [0.2, 0.25) is 11.7 Å². The van der Waals surface area contributed by atoms with Crippen LogP contribution in [-0.4, -0.2) is 21.7 Å². The molecule has 5 nitrogen and oxygen atoms in total. The Balaban J connectivity index is 1.81. The van der Waals surface area contributed by atoms with Gasteiger partial charge in [-0.25, -0.2) is 4.98 Å². The van der Waals surface area contributed by atoms with Crippen molar-refractivity contribution in [3.05, 3.63) is 40.7 Å². The van der Waals surface area contributed by atoms with Crippen LogP contribution in [0.25, 0.3) is 22.4 Å². The number of hydrogen-bond acceptors (Lipinski definition) is 5. The first-order valence-corrected chi connectivity index (χ1v) is 7.61. The molecule has 21 heavy (non-hydrogen) atoms. The number of fused-ring (bicyclic) bond motifs is 1. The first-order chi connectivity index (χ1) is 10.2. The Bertz CT molecular complexity index is 825. The van der Waals surface area contributed by atoms with E-state index in [9.17, 15) is 0 Å². The van der Waals surface area contributed by atoms with E-state index in [1.165, 1.54) is 0 Å². The standard InChI is InChI=1S/C15H13BrN4O/c16-10-7-9-3-1-2-4-11(9)18-12(10)13-19-14(21-20-13)15(8-17)5-6-15/h1-4,7H,5-6,8,17H2. The number of aromatic nitrogens is 3. The highest BCUT2D eigenvalue weighted by Gasteiger charge is 2.48. The molecule has 106 valence electrons. The van der Waals surface area contributed by atoms with Crippen molar-refractivity contribution in [3.8, 4) is 11.5 Å². The Morgan fingerprint density at radius 1 is 1.24 bits per heavy atom. The average molecular weight is 345 g/mol. The van der Waals surface area contributed by atoms with E-state index in [1.807, 2.05) is 30.3 Å². The van der Waals surface area contributed by atoms with Crippen LogP contribution in [0.2, 0.25) is 0 Å². The molecule has 0 aliphatic heterocycles. The van der Waals surface area contributed by atoms with Gasteiger partial charge >= 0.3 is 0 Å². The van der Waals surface area contributed by atoms with E-state index in [0.29, 0.717) is 24.0 Å². The van der Waals surface area contributed by atoms with E-state index in [0.717, 1.165) is 28.2 Å². The number of halogens is 1. The van der Waals surface area contributed by atoms with E-state index in [2.05, 4.69) is 31.1 Å². The third-order valence-corrected chi connectivity index (χ3v) is 4.62. The third-order valence-electron chi connectivity index (χ3n) is 4.01. The van der Waals surface area contributed by atoms with E-state index >= 15 is 0 Å². The zero-order valence-corrected chi connectivity index (χ0v) is 12.8. The van der Waals surface area contributed by atoms with Gasteiger partial charge in [0.15, 0.2) is 0 Å². The number of nitrogens with two attached hydrogens (primary N) is 1. The predicted molar refractivity (Wildman–Crippen MR) is 82.7 cm³/mol. The molecule has 0 radical (unpaired) electrons. The molecule has 2 N–H and O–H groups in total. The highest BCUT2D eigenvalue weighted by molar-refractivity contribution is 9.10. The quantitative estimate of drug-likeness (QED) is 0.789. The smallest absolute Gasteiger partial charge is 0.234 e. The van der Waals surface area contributed by atoms with Gasteiger partial charge in [-0.2, -0.15) is 4.98 Å². The van der Waals surface area contributed by atoms with Crippen LogP contribution in [0.15, 0.2) is 39.3 Å². The fourth-order valence-corrected chi connectivity index (χ4v) is 2.95. The third kappa shape index (κ3) is 2.06. The van der Waals surface area contributed by atoms with Crippen LogP contribution in [0.3, 0.4) is 0 Å². The molecule has 0 bridgehead atoms. The zero-order valence-electron chi connectivity index (χ0n) is 11.2. The van der Waals surface area contributed by atoms with Gasteiger partial charge in [0.25, 0.3) is 0 Å². The van der Waals surface area contributed by atoms with Gasteiger partial charge in [0.05, 0.1) is 10.9 Å². The Labute approximate surface area is 129 Å². The van der Waals surface area contributed by atoms with Crippen molar-refractivity contribution in [3.63, 3.8) is 0 Å². The molecule has 2 heterocycles. The highest BCUT2D eigenvalue weighted by atomic mass is 79.9. The van der Waals surface area contributed by atoms with Gasteiger partial charge < -0.3 is 10.3 Å². The van der Waals surface area contributed by atoms with Gasteiger partial charge in [-0.3, -0.25) is 0 Å². The highest BCUT2D eigenvalue weighted by Crippen LogP contribution is 2.46. The summed E-state index contributed by atoms with van der Waals surface area (Å²) < 4.78 is 6.26. The summed E-state index contributed by atoms with van der Waals surface area (Å²) in [5.41, 5.74) is 7.29. The molecule has 4 rings (SSSR count). The second-order valence-corrected chi connectivity index (χ2v) is 6.27. The first kappa shape index (κ1) is 12.9. The van der Waals surface area contributed by atoms with Gasteiger partial charge in [-0.15, -0.1) is 0 Å².